The Morgan fingerprint density at radius 1 is 1.05 bits per heavy atom. The number of anilines is 1. The van der Waals surface area contributed by atoms with Gasteiger partial charge in [-0.3, -0.25) is 0 Å². The first-order valence-corrected chi connectivity index (χ1v) is 6.73. The highest BCUT2D eigenvalue weighted by atomic mass is 16.6. The Hall–Kier alpha value is -2.36. The Labute approximate surface area is 118 Å². The summed E-state index contributed by atoms with van der Waals surface area (Å²) in [6, 6.07) is 11.5. The minimum atomic E-state index is 0.542. The molecule has 1 aliphatic rings. The topological polar surface area (TPSA) is 53.7 Å². The van der Waals surface area contributed by atoms with Crippen molar-refractivity contribution in [1.82, 2.24) is 0 Å². The van der Waals surface area contributed by atoms with E-state index in [1.165, 1.54) is 0 Å². The van der Waals surface area contributed by atoms with Gasteiger partial charge in [0.25, 0.3) is 0 Å². The summed E-state index contributed by atoms with van der Waals surface area (Å²) in [5.74, 6) is 2.76. The summed E-state index contributed by atoms with van der Waals surface area (Å²) in [7, 11) is 0. The van der Waals surface area contributed by atoms with Gasteiger partial charge in [-0.2, -0.15) is 0 Å². The predicted octanol–water partition coefficient (Wildman–Crippen LogP) is 3.39. The molecule has 0 saturated carbocycles. The van der Waals surface area contributed by atoms with Crippen LogP contribution in [0.3, 0.4) is 0 Å². The smallest absolute Gasteiger partial charge is 0.165 e. The fourth-order valence-corrected chi connectivity index (χ4v) is 2.19. The zero-order valence-electron chi connectivity index (χ0n) is 11.4. The van der Waals surface area contributed by atoms with Crippen molar-refractivity contribution in [3.63, 3.8) is 0 Å². The van der Waals surface area contributed by atoms with Crippen LogP contribution in [0.25, 0.3) is 0 Å². The number of aryl methyl sites for hydroxylation is 1. The SMILES string of the molecule is CCc1ccccc1Oc1cc2c(cc1N)OCCO2. The second-order valence-electron chi connectivity index (χ2n) is 4.60. The highest BCUT2D eigenvalue weighted by molar-refractivity contribution is 5.63. The van der Waals surface area contributed by atoms with Crippen molar-refractivity contribution >= 4 is 5.69 Å². The summed E-state index contributed by atoms with van der Waals surface area (Å²) in [6.45, 7) is 3.18. The molecule has 104 valence electrons. The summed E-state index contributed by atoms with van der Waals surface area (Å²) >= 11 is 0. The van der Waals surface area contributed by atoms with Crippen LogP contribution in [0.15, 0.2) is 36.4 Å². The number of hydrogen-bond donors (Lipinski definition) is 1. The maximum Gasteiger partial charge on any atom is 0.165 e. The quantitative estimate of drug-likeness (QED) is 0.869. The van der Waals surface area contributed by atoms with E-state index in [-0.39, 0.29) is 0 Å². The van der Waals surface area contributed by atoms with Crippen LogP contribution in [-0.4, -0.2) is 13.2 Å². The van der Waals surface area contributed by atoms with Crippen molar-refractivity contribution in [2.45, 2.75) is 13.3 Å². The molecule has 20 heavy (non-hydrogen) atoms. The highest BCUT2D eigenvalue weighted by Crippen LogP contribution is 2.40. The monoisotopic (exact) mass is 271 g/mol. The zero-order chi connectivity index (χ0) is 13.9. The standard InChI is InChI=1S/C16H17NO3/c1-2-11-5-3-4-6-13(11)20-14-10-16-15(9-12(14)17)18-7-8-19-16/h3-6,9-10H,2,7-8,17H2,1H3. The third-order valence-corrected chi connectivity index (χ3v) is 3.25. The van der Waals surface area contributed by atoms with Crippen molar-refractivity contribution in [2.75, 3.05) is 18.9 Å². The maximum absolute atomic E-state index is 6.02. The third kappa shape index (κ3) is 2.37. The molecule has 0 atom stereocenters. The summed E-state index contributed by atoms with van der Waals surface area (Å²) in [6.07, 6.45) is 0.903. The van der Waals surface area contributed by atoms with Crippen molar-refractivity contribution in [2.24, 2.45) is 0 Å². The van der Waals surface area contributed by atoms with Crippen LogP contribution in [0, 0.1) is 0 Å². The molecule has 0 aromatic heterocycles. The lowest BCUT2D eigenvalue weighted by molar-refractivity contribution is 0.171. The summed E-state index contributed by atoms with van der Waals surface area (Å²) < 4.78 is 17.0. The Morgan fingerprint density at radius 3 is 2.50 bits per heavy atom. The van der Waals surface area contributed by atoms with Crippen molar-refractivity contribution < 1.29 is 14.2 Å². The maximum atomic E-state index is 6.02. The molecule has 0 radical (unpaired) electrons. The molecule has 2 N–H and O–H groups in total. The molecule has 0 aliphatic carbocycles. The predicted molar refractivity (Wildman–Crippen MR) is 77.7 cm³/mol. The fraction of sp³-hybridized carbons (Fsp3) is 0.250. The largest absolute Gasteiger partial charge is 0.486 e. The summed E-state index contributed by atoms with van der Waals surface area (Å²) in [5, 5.41) is 0. The molecular formula is C16H17NO3. The van der Waals surface area contributed by atoms with E-state index in [0.29, 0.717) is 36.1 Å². The molecule has 0 saturated heterocycles. The second kappa shape index (κ2) is 5.33. The van der Waals surface area contributed by atoms with E-state index in [0.717, 1.165) is 17.7 Å². The van der Waals surface area contributed by atoms with Gasteiger partial charge in [0.15, 0.2) is 17.2 Å². The van der Waals surface area contributed by atoms with Crippen molar-refractivity contribution in [3.8, 4) is 23.0 Å². The Kier molecular flexibility index (Phi) is 3.37. The number of hydrogen-bond acceptors (Lipinski definition) is 4. The van der Waals surface area contributed by atoms with E-state index < -0.39 is 0 Å². The van der Waals surface area contributed by atoms with E-state index in [1.807, 2.05) is 24.3 Å². The lowest BCUT2D eigenvalue weighted by Crippen LogP contribution is -2.15. The molecule has 2 aromatic carbocycles. The van der Waals surface area contributed by atoms with Crippen molar-refractivity contribution in [3.05, 3.63) is 42.0 Å². The van der Waals surface area contributed by atoms with E-state index >= 15 is 0 Å². The molecule has 1 heterocycles. The number of ether oxygens (including phenoxy) is 3. The van der Waals surface area contributed by atoms with Gasteiger partial charge in [-0.1, -0.05) is 25.1 Å². The molecule has 0 unspecified atom stereocenters. The highest BCUT2D eigenvalue weighted by Gasteiger charge is 2.16. The molecule has 3 rings (SSSR count). The summed E-state index contributed by atoms with van der Waals surface area (Å²) in [5.41, 5.74) is 7.71. The van der Waals surface area contributed by atoms with E-state index in [1.54, 1.807) is 12.1 Å². The van der Waals surface area contributed by atoms with Gasteiger partial charge in [0, 0.05) is 12.1 Å². The number of para-hydroxylation sites is 1. The number of nitrogen functional groups attached to an aromatic ring is 1. The average molecular weight is 271 g/mol. The first-order chi connectivity index (χ1) is 9.78. The minimum absolute atomic E-state index is 0.542. The molecule has 4 heteroatoms. The molecular weight excluding hydrogens is 254 g/mol. The number of fused-ring (bicyclic) bond motifs is 1. The molecule has 2 aromatic rings. The van der Waals surface area contributed by atoms with Gasteiger partial charge >= 0.3 is 0 Å². The molecule has 4 nitrogen and oxygen atoms in total. The van der Waals surface area contributed by atoms with Gasteiger partial charge in [0.05, 0.1) is 5.69 Å². The Morgan fingerprint density at radius 2 is 1.75 bits per heavy atom. The lowest BCUT2D eigenvalue weighted by atomic mass is 10.1. The van der Waals surface area contributed by atoms with Gasteiger partial charge in [0.2, 0.25) is 0 Å². The molecule has 0 bridgehead atoms. The molecule has 0 spiro atoms. The molecule has 1 aliphatic heterocycles. The van der Waals surface area contributed by atoms with Crippen LogP contribution in [-0.2, 0) is 6.42 Å². The molecule has 0 fully saturated rings. The normalized spacial score (nSPS) is 13.1. The number of nitrogens with two attached hydrogens (primary N) is 1. The van der Waals surface area contributed by atoms with E-state index in [9.17, 15) is 0 Å². The second-order valence-corrected chi connectivity index (χ2v) is 4.60. The van der Waals surface area contributed by atoms with Gasteiger partial charge in [-0.15, -0.1) is 0 Å². The van der Waals surface area contributed by atoms with Gasteiger partial charge in [-0.25, -0.2) is 0 Å². The number of benzene rings is 2. The van der Waals surface area contributed by atoms with Crippen LogP contribution < -0.4 is 19.9 Å². The van der Waals surface area contributed by atoms with Gasteiger partial charge in [-0.05, 0) is 18.1 Å². The molecule has 0 amide bonds. The van der Waals surface area contributed by atoms with Crippen LogP contribution in [0.2, 0.25) is 0 Å². The summed E-state index contributed by atoms with van der Waals surface area (Å²) in [4.78, 5) is 0. The first-order valence-electron chi connectivity index (χ1n) is 6.73. The third-order valence-electron chi connectivity index (χ3n) is 3.25. The number of rotatable bonds is 3. The first kappa shape index (κ1) is 12.7. The minimum Gasteiger partial charge on any atom is -0.486 e. The van der Waals surface area contributed by atoms with Gasteiger partial charge < -0.3 is 19.9 Å². The van der Waals surface area contributed by atoms with Crippen molar-refractivity contribution in [1.29, 1.82) is 0 Å². The zero-order valence-corrected chi connectivity index (χ0v) is 11.4. The van der Waals surface area contributed by atoms with E-state index in [4.69, 9.17) is 19.9 Å². The van der Waals surface area contributed by atoms with Crippen LogP contribution in [0.1, 0.15) is 12.5 Å². The fourth-order valence-electron chi connectivity index (χ4n) is 2.19. The van der Waals surface area contributed by atoms with E-state index in [2.05, 4.69) is 6.92 Å². The Balaban J connectivity index is 1.94. The van der Waals surface area contributed by atoms with Gasteiger partial charge in [0.1, 0.15) is 19.0 Å². The van der Waals surface area contributed by atoms with Crippen LogP contribution in [0.4, 0.5) is 5.69 Å². The Bertz CT molecular complexity index is 625. The lowest BCUT2D eigenvalue weighted by Gasteiger charge is -2.20. The average Bonchev–Trinajstić information content (AvgIpc) is 2.48. The van der Waals surface area contributed by atoms with Crippen LogP contribution in [0.5, 0.6) is 23.0 Å². The van der Waals surface area contributed by atoms with Crippen LogP contribution >= 0.6 is 0 Å².